The lowest BCUT2D eigenvalue weighted by atomic mass is 10.2. The smallest absolute Gasteiger partial charge is 0.149 e. The quantitative estimate of drug-likeness (QED) is 0.900. The van der Waals surface area contributed by atoms with Crippen molar-refractivity contribution in [1.29, 1.82) is 0 Å². The van der Waals surface area contributed by atoms with Crippen LogP contribution in [0.1, 0.15) is 18.9 Å². The molecule has 0 saturated carbocycles. The van der Waals surface area contributed by atoms with E-state index in [-0.39, 0.29) is 0 Å². The Bertz CT molecular complexity index is 569. The second-order valence-electron chi connectivity index (χ2n) is 5.68. The normalized spacial score (nSPS) is 22.3. The summed E-state index contributed by atoms with van der Waals surface area (Å²) in [5.74, 6) is 1.24. The Labute approximate surface area is 125 Å². The predicted octanol–water partition coefficient (Wildman–Crippen LogP) is 2.13. The largest absolute Gasteiger partial charge is 0.382 e. The summed E-state index contributed by atoms with van der Waals surface area (Å²) in [6.45, 7) is 4.29. The Morgan fingerprint density at radius 1 is 1.19 bits per heavy atom. The first kappa shape index (κ1) is 13.8. The van der Waals surface area contributed by atoms with Crippen LogP contribution in [0.15, 0.2) is 42.5 Å². The first-order valence-corrected chi connectivity index (χ1v) is 7.34. The molecule has 1 aliphatic rings. The van der Waals surface area contributed by atoms with Gasteiger partial charge in [-0.1, -0.05) is 30.3 Å². The van der Waals surface area contributed by atoms with Gasteiger partial charge in [-0.3, -0.25) is 4.90 Å². The first-order valence-electron chi connectivity index (χ1n) is 7.34. The van der Waals surface area contributed by atoms with Gasteiger partial charge in [-0.15, -0.1) is 10.2 Å². The number of nitrogens with one attached hydrogen (secondary N) is 1. The number of likely N-dealkylation sites (tertiary alicyclic amines) is 1. The molecule has 2 atom stereocenters. The number of nitrogens with two attached hydrogens (primary N) is 1. The fraction of sp³-hybridized carbons (Fsp3) is 0.375. The molecule has 5 heteroatoms. The maximum Gasteiger partial charge on any atom is 0.149 e. The van der Waals surface area contributed by atoms with E-state index in [2.05, 4.69) is 57.7 Å². The fourth-order valence-corrected chi connectivity index (χ4v) is 2.87. The summed E-state index contributed by atoms with van der Waals surface area (Å²) in [5, 5.41) is 11.4. The second-order valence-corrected chi connectivity index (χ2v) is 5.68. The predicted molar refractivity (Wildman–Crippen MR) is 84.8 cm³/mol. The summed E-state index contributed by atoms with van der Waals surface area (Å²) in [6.07, 6.45) is 1.11. The molecule has 0 radical (unpaired) electrons. The third-order valence-electron chi connectivity index (χ3n) is 3.97. The summed E-state index contributed by atoms with van der Waals surface area (Å²) < 4.78 is 0. The van der Waals surface area contributed by atoms with Gasteiger partial charge in [-0.25, -0.2) is 0 Å². The first-order chi connectivity index (χ1) is 10.2. The van der Waals surface area contributed by atoms with Crippen LogP contribution in [0, 0.1) is 0 Å². The van der Waals surface area contributed by atoms with Crippen LogP contribution in [0.3, 0.4) is 0 Å². The fourth-order valence-electron chi connectivity index (χ4n) is 2.87. The zero-order valence-corrected chi connectivity index (χ0v) is 12.2. The van der Waals surface area contributed by atoms with E-state index in [1.54, 1.807) is 6.07 Å². The highest BCUT2D eigenvalue weighted by atomic mass is 15.2. The van der Waals surface area contributed by atoms with E-state index in [1.165, 1.54) is 5.56 Å². The lowest BCUT2D eigenvalue weighted by molar-refractivity contribution is 0.259. The van der Waals surface area contributed by atoms with E-state index in [9.17, 15) is 0 Å². The van der Waals surface area contributed by atoms with Gasteiger partial charge in [-0.2, -0.15) is 0 Å². The van der Waals surface area contributed by atoms with Crippen molar-refractivity contribution in [2.45, 2.75) is 32.0 Å². The average Bonchev–Trinajstić information content (AvgIpc) is 2.82. The number of benzene rings is 1. The van der Waals surface area contributed by atoms with E-state index < -0.39 is 0 Å². The Balaban J connectivity index is 1.59. The van der Waals surface area contributed by atoms with Crippen LogP contribution >= 0.6 is 0 Å². The molecule has 110 valence electrons. The van der Waals surface area contributed by atoms with Crippen molar-refractivity contribution < 1.29 is 0 Å². The van der Waals surface area contributed by atoms with E-state index in [0.29, 0.717) is 17.9 Å². The van der Waals surface area contributed by atoms with E-state index >= 15 is 0 Å². The molecule has 21 heavy (non-hydrogen) atoms. The maximum absolute atomic E-state index is 5.56. The van der Waals surface area contributed by atoms with E-state index in [4.69, 9.17) is 5.73 Å². The minimum atomic E-state index is 0.404. The molecule has 1 aliphatic heterocycles. The minimum Gasteiger partial charge on any atom is -0.382 e. The van der Waals surface area contributed by atoms with Crippen molar-refractivity contribution in [1.82, 2.24) is 15.1 Å². The second kappa shape index (κ2) is 6.10. The Kier molecular flexibility index (Phi) is 4.01. The summed E-state index contributed by atoms with van der Waals surface area (Å²) in [6, 6.07) is 15.2. The number of anilines is 2. The topological polar surface area (TPSA) is 67.1 Å². The van der Waals surface area contributed by atoms with Gasteiger partial charge in [-0.05, 0) is 31.0 Å². The van der Waals surface area contributed by atoms with Crippen LogP contribution in [0.4, 0.5) is 11.6 Å². The number of aromatic nitrogens is 2. The zero-order valence-electron chi connectivity index (χ0n) is 12.2. The summed E-state index contributed by atoms with van der Waals surface area (Å²) in [4.78, 5) is 2.50. The molecule has 3 rings (SSSR count). The van der Waals surface area contributed by atoms with Crippen molar-refractivity contribution in [3.63, 3.8) is 0 Å². The van der Waals surface area contributed by atoms with Gasteiger partial charge in [0.15, 0.2) is 0 Å². The highest BCUT2D eigenvalue weighted by Crippen LogP contribution is 2.22. The van der Waals surface area contributed by atoms with Gasteiger partial charge in [0.05, 0.1) is 0 Å². The Morgan fingerprint density at radius 3 is 2.71 bits per heavy atom. The molecule has 1 saturated heterocycles. The number of hydrogen-bond donors (Lipinski definition) is 2. The van der Waals surface area contributed by atoms with E-state index in [1.807, 2.05) is 6.07 Å². The molecule has 1 fully saturated rings. The monoisotopic (exact) mass is 283 g/mol. The molecule has 5 nitrogen and oxygen atoms in total. The Hall–Kier alpha value is -2.14. The molecule has 0 aliphatic carbocycles. The van der Waals surface area contributed by atoms with Crippen molar-refractivity contribution in [3.05, 3.63) is 48.0 Å². The molecule has 0 amide bonds. The van der Waals surface area contributed by atoms with Crippen molar-refractivity contribution in [2.75, 3.05) is 17.6 Å². The lowest BCUT2D eigenvalue weighted by Gasteiger charge is -2.20. The molecule has 2 heterocycles. The third-order valence-corrected chi connectivity index (χ3v) is 3.97. The number of nitrogens with zero attached hydrogens (tertiary/aromatic N) is 3. The molecule has 0 bridgehead atoms. The highest BCUT2D eigenvalue weighted by Gasteiger charge is 2.29. The van der Waals surface area contributed by atoms with Gasteiger partial charge in [0, 0.05) is 25.2 Å². The van der Waals surface area contributed by atoms with Crippen molar-refractivity contribution >= 4 is 11.6 Å². The van der Waals surface area contributed by atoms with Crippen molar-refractivity contribution in [3.8, 4) is 0 Å². The standard InChI is InChI=1S/C16H21N5/c1-12-9-14(18-16-8-7-15(17)19-20-16)11-21(12)10-13-5-3-2-4-6-13/h2-8,12,14H,9-11H2,1H3,(H2,17,19)(H,18,20). The summed E-state index contributed by atoms with van der Waals surface area (Å²) >= 11 is 0. The molecule has 3 N–H and O–H groups in total. The van der Waals surface area contributed by atoms with Crippen LogP contribution in [-0.2, 0) is 6.54 Å². The van der Waals surface area contributed by atoms with Crippen LogP contribution < -0.4 is 11.1 Å². The highest BCUT2D eigenvalue weighted by molar-refractivity contribution is 5.39. The Morgan fingerprint density at radius 2 is 2.00 bits per heavy atom. The van der Waals surface area contributed by atoms with Crippen molar-refractivity contribution in [2.24, 2.45) is 0 Å². The van der Waals surface area contributed by atoms with Crippen LogP contribution in [-0.4, -0.2) is 33.7 Å². The molecular formula is C16H21N5. The van der Waals surface area contributed by atoms with Gasteiger partial charge in [0.25, 0.3) is 0 Å². The van der Waals surface area contributed by atoms with Gasteiger partial charge in [0.2, 0.25) is 0 Å². The summed E-state index contributed by atoms with van der Waals surface area (Å²) in [7, 11) is 0. The number of hydrogen-bond acceptors (Lipinski definition) is 5. The van der Waals surface area contributed by atoms with E-state index in [0.717, 1.165) is 25.3 Å². The average molecular weight is 283 g/mol. The third kappa shape index (κ3) is 3.49. The van der Waals surface area contributed by atoms with Gasteiger partial charge < -0.3 is 11.1 Å². The van der Waals surface area contributed by atoms with Gasteiger partial charge >= 0.3 is 0 Å². The molecular weight excluding hydrogens is 262 g/mol. The summed E-state index contributed by atoms with van der Waals surface area (Å²) in [5.41, 5.74) is 6.91. The molecule has 2 unspecified atom stereocenters. The molecule has 1 aromatic heterocycles. The minimum absolute atomic E-state index is 0.404. The lowest BCUT2D eigenvalue weighted by Crippen LogP contribution is -2.28. The molecule has 0 spiro atoms. The molecule has 2 aromatic rings. The number of rotatable bonds is 4. The molecule has 1 aromatic carbocycles. The van der Waals surface area contributed by atoms with Gasteiger partial charge in [0.1, 0.15) is 11.6 Å². The van der Waals surface area contributed by atoms with Crippen LogP contribution in [0.5, 0.6) is 0 Å². The van der Waals surface area contributed by atoms with Crippen LogP contribution in [0.2, 0.25) is 0 Å². The maximum atomic E-state index is 5.56. The SMILES string of the molecule is CC1CC(Nc2ccc(N)nn2)CN1Cc1ccccc1. The van der Waals surface area contributed by atoms with Crippen LogP contribution in [0.25, 0.3) is 0 Å². The zero-order chi connectivity index (χ0) is 14.7. The number of nitrogen functional groups attached to an aromatic ring is 1.